The molecule has 1 atom stereocenters. The fourth-order valence-corrected chi connectivity index (χ4v) is 4.84. The molecule has 138 valence electrons. The fraction of sp³-hybridized carbons (Fsp3) is 0.571. The minimum absolute atomic E-state index is 0.145. The Morgan fingerprint density at radius 3 is 2.88 bits per heavy atom. The predicted octanol–water partition coefficient (Wildman–Crippen LogP) is 3.87. The van der Waals surface area contributed by atoms with Gasteiger partial charge in [0.15, 0.2) is 5.82 Å². The Bertz CT molecular complexity index is 791. The number of hydrogen-bond acceptors (Lipinski definition) is 3. The molecular weight excluding hydrogens is 324 g/mol. The van der Waals surface area contributed by atoms with Crippen LogP contribution in [0.2, 0.25) is 0 Å². The second-order valence-corrected chi connectivity index (χ2v) is 8.07. The molecule has 1 aromatic heterocycles. The third-order valence-corrected chi connectivity index (χ3v) is 6.15. The fourth-order valence-electron chi connectivity index (χ4n) is 4.84. The zero-order valence-electron chi connectivity index (χ0n) is 15.8. The van der Waals surface area contributed by atoms with Crippen molar-refractivity contribution in [2.24, 2.45) is 5.41 Å². The third-order valence-electron chi connectivity index (χ3n) is 6.15. The summed E-state index contributed by atoms with van der Waals surface area (Å²) in [6.45, 7) is 5.75. The van der Waals surface area contributed by atoms with Crippen LogP contribution >= 0.6 is 0 Å². The standard InChI is InChI=1S/C21H28N4O/c1-3-7-18-22-19(24-23-18)17-13-25(14-21(17)10-4-5-11-21)20(26)16-9-6-8-15(2)12-16/h6,8-9,12,17H,3-5,7,10-11,13-14H2,1-2H3,(H,22,23,24). The van der Waals surface area contributed by atoms with Crippen molar-refractivity contribution in [3.05, 3.63) is 47.0 Å². The van der Waals surface area contributed by atoms with Crippen LogP contribution < -0.4 is 0 Å². The maximum absolute atomic E-state index is 13.1. The second kappa shape index (κ2) is 6.86. The Hall–Kier alpha value is -2.17. The molecule has 2 aromatic rings. The molecule has 1 saturated heterocycles. The molecule has 5 heteroatoms. The summed E-state index contributed by atoms with van der Waals surface area (Å²) in [6.07, 6.45) is 6.82. The molecule has 5 nitrogen and oxygen atoms in total. The van der Waals surface area contributed by atoms with Crippen molar-refractivity contribution in [3.63, 3.8) is 0 Å². The summed E-state index contributed by atoms with van der Waals surface area (Å²) in [5.41, 5.74) is 2.08. The summed E-state index contributed by atoms with van der Waals surface area (Å²) in [5.74, 6) is 2.28. The molecule has 1 amide bonds. The Morgan fingerprint density at radius 1 is 1.35 bits per heavy atom. The van der Waals surface area contributed by atoms with E-state index in [-0.39, 0.29) is 17.2 Å². The predicted molar refractivity (Wildman–Crippen MR) is 101 cm³/mol. The average molecular weight is 352 g/mol. The molecule has 2 heterocycles. The normalized spacial score (nSPS) is 21.6. The van der Waals surface area contributed by atoms with Gasteiger partial charge in [0.1, 0.15) is 5.82 Å². The van der Waals surface area contributed by atoms with Crippen molar-refractivity contribution in [2.45, 2.75) is 58.3 Å². The van der Waals surface area contributed by atoms with Gasteiger partial charge in [0.05, 0.1) is 0 Å². The van der Waals surface area contributed by atoms with Crippen molar-refractivity contribution >= 4 is 5.91 Å². The number of aromatic amines is 1. The summed E-state index contributed by atoms with van der Waals surface area (Å²) < 4.78 is 0. The van der Waals surface area contributed by atoms with Crippen LogP contribution in [0, 0.1) is 12.3 Å². The number of likely N-dealkylation sites (tertiary alicyclic amines) is 1. The van der Waals surface area contributed by atoms with E-state index in [4.69, 9.17) is 4.98 Å². The Labute approximate surface area is 155 Å². The Balaban J connectivity index is 1.60. The highest BCUT2D eigenvalue weighted by Crippen LogP contribution is 2.52. The minimum Gasteiger partial charge on any atom is -0.337 e. The van der Waals surface area contributed by atoms with Crippen molar-refractivity contribution in [1.29, 1.82) is 0 Å². The van der Waals surface area contributed by atoms with Crippen LogP contribution in [-0.4, -0.2) is 39.1 Å². The molecule has 1 spiro atoms. The zero-order valence-corrected chi connectivity index (χ0v) is 15.8. The van der Waals surface area contributed by atoms with Gasteiger partial charge in [0.2, 0.25) is 0 Å². The SMILES string of the molecule is CCCc1nc(C2CN(C(=O)c3cccc(C)c3)CC23CCCC3)n[nH]1. The van der Waals surface area contributed by atoms with Crippen molar-refractivity contribution in [3.8, 4) is 0 Å². The molecule has 1 aromatic carbocycles. The quantitative estimate of drug-likeness (QED) is 0.909. The van der Waals surface area contributed by atoms with Gasteiger partial charge in [0.25, 0.3) is 5.91 Å². The van der Waals surface area contributed by atoms with Crippen LogP contribution in [0.5, 0.6) is 0 Å². The maximum atomic E-state index is 13.1. The first-order valence-corrected chi connectivity index (χ1v) is 9.88. The van der Waals surface area contributed by atoms with Crippen LogP contribution in [0.25, 0.3) is 0 Å². The summed E-state index contributed by atoms with van der Waals surface area (Å²) >= 11 is 0. The van der Waals surface area contributed by atoms with Gasteiger partial charge in [-0.25, -0.2) is 4.98 Å². The molecule has 0 radical (unpaired) electrons. The summed E-state index contributed by atoms with van der Waals surface area (Å²) in [4.78, 5) is 19.9. The molecule has 1 aliphatic carbocycles. The first-order chi connectivity index (χ1) is 12.6. The topological polar surface area (TPSA) is 61.9 Å². The van der Waals surface area contributed by atoms with Crippen molar-refractivity contribution in [2.75, 3.05) is 13.1 Å². The van der Waals surface area contributed by atoms with Crippen molar-refractivity contribution in [1.82, 2.24) is 20.1 Å². The van der Waals surface area contributed by atoms with Crippen LogP contribution in [0.4, 0.5) is 0 Å². The Kier molecular flexibility index (Phi) is 4.55. The number of aromatic nitrogens is 3. The van der Waals surface area contributed by atoms with Crippen LogP contribution in [0.3, 0.4) is 0 Å². The Morgan fingerprint density at radius 2 is 2.15 bits per heavy atom. The highest BCUT2D eigenvalue weighted by molar-refractivity contribution is 5.94. The highest BCUT2D eigenvalue weighted by atomic mass is 16.2. The van der Waals surface area contributed by atoms with Gasteiger partial charge in [-0.15, -0.1) is 0 Å². The highest BCUT2D eigenvalue weighted by Gasteiger charge is 2.51. The van der Waals surface area contributed by atoms with Crippen LogP contribution in [0.1, 0.15) is 72.5 Å². The van der Waals surface area contributed by atoms with E-state index in [9.17, 15) is 4.79 Å². The monoisotopic (exact) mass is 352 g/mol. The molecule has 2 fully saturated rings. The molecule has 0 bridgehead atoms. The molecule has 1 N–H and O–H groups in total. The lowest BCUT2D eigenvalue weighted by Crippen LogP contribution is -2.31. The number of H-pyrrole nitrogens is 1. The zero-order chi connectivity index (χ0) is 18.1. The largest absolute Gasteiger partial charge is 0.337 e. The van der Waals surface area contributed by atoms with Gasteiger partial charge >= 0.3 is 0 Å². The lowest BCUT2D eigenvalue weighted by molar-refractivity contribution is 0.0773. The van der Waals surface area contributed by atoms with E-state index in [1.807, 2.05) is 36.1 Å². The van der Waals surface area contributed by atoms with E-state index in [0.717, 1.165) is 48.7 Å². The average Bonchev–Trinajstić information content (AvgIpc) is 3.36. The summed E-state index contributed by atoms with van der Waals surface area (Å²) in [5, 5.41) is 7.65. The number of rotatable bonds is 4. The lowest BCUT2D eigenvalue weighted by Gasteiger charge is -2.27. The lowest BCUT2D eigenvalue weighted by atomic mass is 9.76. The first-order valence-electron chi connectivity index (χ1n) is 9.88. The number of amides is 1. The van der Waals surface area contributed by atoms with Gasteiger partial charge in [-0.2, -0.15) is 5.10 Å². The number of nitrogens with one attached hydrogen (secondary N) is 1. The summed E-state index contributed by atoms with van der Waals surface area (Å²) in [6, 6.07) is 7.91. The van der Waals surface area contributed by atoms with Gasteiger partial charge in [-0.1, -0.05) is 37.5 Å². The smallest absolute Gasteiger partial charge is 0.253 e. The van der Waals surface area contributed by atoms with Crippen LogP contribution in [-0.2, 0) is 6.42 Å². The van der Waals surface area contributed by atoms with E-state index in [0.29, 0.717) is 0 Å². The van der Waals surface area contributed by atoms with E-state index < -0.39 is 0 Å². The molecular formula is C21H28N4O. The van der Waals surface area contributed by atoms with Crippen LogP contribution in [0.15, 0.2) is 24.3 Å². The van der Waals surface area contributed by atoms with Gasteiger partial charge in [-0.05, 0) is 43.7 Å². The van der Waals surface area contributed by atoms with Crippen molar-refractivity contribution < 1.29 is 4.79 Å². The number of carbonyl (C=O) groups is 1. The number of hydrogen-bond donors (Lipinski definition) is 1. The summed E-state index contributed by atoms with van der Waals surface area (Å²) in [7, 11) is 0. The van der Waals surface area contributed by atoms with E-state index in [1.54, 1.807) is 0 Å². The number of benzene rings is 1. The molecule has 1 unspecified atom stereocenters. The first kappa shape index (κ1) is 17.3. The second-order valence-electron chi connectivity index (χ2n) is 8.07. The molecule has 1 saturated carbocycles. The number of aryl methyl sites for hydroxylation is 2. The molecule has 26 heavy (non-hydrogen) atoms. The van der Waals surface area contributed by atoms with Gasteiger partial charge in [0, 0.05) is 31.0 Å². The minimum atomic E-state index is 0.145. The van der Waals surface area contributed by atoms with E-state index >= 15 is 0 Å². The molecule has 4 rings (SSSR count). The van der Waals surface area contributed by atoms with E-state index in [2.05, 4.69) is 17.1 Å². The van der Waals surface area contributed by atoms with Gasteiger partial charge < -0.3 is 4.90 Å². The third kappa shape index (κ3) is 3.04. The number of carbonyl (C=O) groups excluding carboxylic acids is 1. The van der Waals surface area contributed by atoms with Gasteiger partial charge in [-0.3, -0.25) is 9.89 Å². The molecule has 2 aliphatic rings. The maximum Gasteiger partial charge on any atom is 0.253 e. The molecule has 1 aliphatic heterocycles. The van der Waals surface area contributed by atoms with E-state index in [1.165, 1.54) is 25.7 Å². The number of nitrogens with zero attached hydrogens (tertiary/aromatic N) is 3.